The minimum absolute atomic E-state index is 0.0378. The minimum Gasteiger partial charge on any atom is -0.388 e. The predicted octanol–water partition coefficient (Wildman–Crippen LogP) is 2.04. The zero-order valence-electron chi connectivity index (χ0n) is 12.0. The minimum atomic E-state index is -1.50. The highest BCUT2D eigenvalue weighted by Gasteiger charge is 2.56. The summed E-state index contributed by atoms with van der Waals surface area (Å²) in [5.74, 6) is -0.353. The maximum Gasteiger partial charge on any atom is 0.227 e. The lowest BCUT2D eigenvalue weighted by Gasteiger charge is -2.33. The van der Waals surface area contributed by atoms with Gasteiger partial charge in [-0.1, -0.05) is 32.6 Å². The van der Waals surface area contributed by atoms with E-state index in [9.17, 15) is 9.90 Å². The third-order valence-corrected chi connectivity index (χ3v) is 9.68. The molecular formula is C13H25NO2SSi. The van der Waals surface area contributed by atoms with Crippen molar-refractivity contribution in [2.75, 3.05) is 6.54 Å². The zero-order chi connectivity index (χ0) is 14.1. The Morgan fingerprint density at radius 3 is 2.56 bits per heavy atom. The van der Waals surface area contributed by atoms with Crippen molar-refractivity contribution in [3.63, 3.8) is 0 Å². The second kappa shape index (κ2) is 5.39. The van der Waals surface area contributed by atoms with Gasteiger partial charge in [-0.2, -0.15) is 11.8 Å². The van der Waals surface area contributed by atoms with Crippen molar-refractivity contribution in [2.45, 2.75) is 49.2 Å². The van der Waals surface area contributed by atoms with Gasteiger partial charge in [-0.05, 0) is 6.92 Å². The van der Waals surface area contributed by atoms with Crippen LogP contribution >= 0.6 is 11.8 Å². The Bertz CT molecular complexity index is 338. The monoisotopic (exact) mass is 287 g/mol. The van der Waals surface area contributed by atoms with E-state index in [4.69, 9.17) is 0 Å². The van der Waals surface area contributed by atoms with Gasteiger partial charge in [-0.15, -0.1) is 6.58 Å². The molecule has 0 aliphatic carbocycles. The van der Waals surface area contributed by atoms with E-state index < -0.39 is 13.7 Å². The first kappa shape index (κ1) is 15.8. The van der Waals surface area contributed by atoms with Gasteiger partial charge < -0.3 is 10.4 Å². The van der Waals surface area contributed by atoms with Crippen LogP contribution in [0.15, 0.2) is 12.7 Å². The summed E-state index contributed by atoms with van der Waals surface area (Å²) in [6, 6.07) is 0. The molecule has 18 heavy (non-hydrogen) atoms. The smallest absolute Gasteiger partial charge is 0.227 e. The van der Waals surface area contributed by atoms with E-state index in [1.165, 1.54) is 0 Å². The molecule has 0 aromatic carbocycles. The van der Waals surface area contributed by atoms with Crippen LogP contribution in [0.3, 0.4) is 0 Å². The molecule has 104 valence electrons. The molecule has 1 aliphatic rings. The Morgan fingerprint density at radius 2 is 2.11 bits per heavy atom. The molecule has 2 N–H and O–H groups in total. The van der Waals surface area contributed by atoms with Gasteiger partial charge in [0.1, 0.15) is 0 Å². The van der Waals surface area contributed by atoms with Crippen LogP contribution in [0.2, 0.25) is 19.6 Å². The summed E-state index contributed by atoms with van der Waals surface area (Å²) >= 11 is 1.77. The Hall–Kier alpha value is -0.263. The second-order valence-corrected chi connectivity index (χ2v) is 13.6. The standard InChI is InChI=1S/C13H25NO2SSi/c1-7-8-14-11(15)10-12(18(4,5)6)17-9(2)13(10,3)16/h7,9-10,12,16H,1,8H2,2-6H3,(H,14,15). The van der Waals surface area contributed by atoms with Crippen LogP contribution in [0.1, 0.15) is 13.8 Å². The van der Waals surface area contributed by atoms with Crippen molar-refractivity contribution >= 4 is 25.7 Å². The maximum absolute atomic E-state index is 12.3. The highest BCUT2D eigenvalue weighted by Crippen LogP contribution is 2.49. The van der Waals surface area contributed by atoms with Crippen molar-refractivity contribution < 1.29 is 9.90 Å². The number of thioether (sulfide) groups is 1. The Labute approximate surface area is 115 Å². The molecule has 1 aliphatic heterocycles. The number of rotatable bonds is 4. The van der Waals surface area contributed by atoms with Crippen LogP contribution in [-0.2, 0) is 4.79 Å². The topological polar surface area (TPSA) is 49.3 Å². The summed E-state index contributed by atoms with van der Waals surface area (Å²) in [7, 11) is -1.50. The van der Waals surface area contributed by atoms with E-state index in [1.807, 2.05) is 6.92 Å². The third-order valence-electron chi connectivity index (χ3n) is 3.66. The number of amides is 1. The largest absolute Gasteiger partial charge is 0.388 e. The molecule has 1 rings (SSSR count). The Kier molecular flexibility index (Phi) is 4.73. The molecule has 0 aromatic rings. The summed E-state index contributed by atoms with van der Waals surface area (Å²) in [6.45, 7) is 14.6. The van der Waals surface area contributed by atoms with Crippen LogP contribution in [0, 0.1) is 5.92 Å². The molecule has 1 fully saturated rings. The summed E-state index contributed by atoms with van der Waals surface area (Å²) in [5, 5.41) is 13.6. The zero-order valence-corrected chi connectivity index (χ0v) is 13.8. The molecule has 5 heteroatoms. The van der Waals surface area contributed by atoms with Crippen LogP contribution in [-0.4, -0.2) is 41.4 Å². The van der Waals surface area contributed by atoms with E-state index in [1.54, 1.807) is 24.8 Å². The molecule has 0 spiro atoms. The van der Waals surface area contributed by atoms with Crippen molar-refractivity contribution in [1.82, 2.24) is 5.32 Å². The average molecular weight is 288 g/mol. The van der Waals surface area contributed by atoms with Crippen LogP contribution in [0.25, 0.3) is 0 Å². The molecule has 1 heterocycles. The van der Waals surface area contributed by atoms with E-state index in [-0.39, 0.29) is 21.9 Å². The molecular weight excluding hydrogens is 262 g/mol. The second-order valence-electron chi connectivity index (χ2n) is 6.30. The van der Waals surface area contributed by atoms with Crippen molar-refractivity contribution in [1.29, 1.82) is 0 Å². The lowest BCUT2D eigenvalue weighted by molar-refractivity contribution is -0.131. The summed E-state index contributed by atoms with van der Waals surface area (Å²) in [4.78, 5) is 12.6. The summed E-state index contributed by atoms with van der Waals surface area (Å²) in [5.41, 5.74) is -0.930. The summed E-state index contributed by atoms with van der Waals surface area (Å²) < 4.78 is 0. The van der Waals surface area contributed by atoms with Gasteiger partial charge >= 0.3 is 0 Å². The number of carbonyl (C=O) groups is 1. The SMILES string of the molecule is C=CCNC(=O)C1C([Si](C)(C)C)SC(C)C1(C)O. The first-order valence-electron chi connectivity index (χ1n) is 6.38. The van der Waals surface area contributed by atoms with E-state index in [0.29, 0.717) is 6.54 Å². The molecule has 3 nitrogen and oxygen atoms in total. The lowest BCUT2D eigenvalue weighted by Crippen LogP contribution is -2.53. The number of carbonyl (C=O) groups excluding carboxylic acids is 1. The average Bonchev–Trinajstić information content (AvgIpc) is 2.46. The molecule has 0 bridgehead atoms. The fraction of sp³-hybridized carbons (Fsp3) is 0.769. The number of nitrogens with one attached hydrogen (secondary N) is 1. The number of hydrogen-bond donors (Lipinski definition) is 2. The quantitative estimate of drug-likeness (QED) is 0.614. The maximum atomic E-state index is 12.3. The van der Waals surface area contributed by atoms with Crippen LogP contribution in [0.4, 0.5) is 0 Å². The van der Waals surface area contributed by atoms with E-state index in [0.717, 1.165) is 0 Å². The molecule has 0 radical (unpaired) electrons. The molecule has 1 saturated heterocycles. The Morgan fingerprint density at radius 1 is 1.56 bits per heavy atom. The molecule has 4 unspecified atom stereocenters. The van der Waals surface area contributed by atoms with E-state index >= 15 is 0 Å². The van der Waals surface area contributed by atoms with Gasteiger partial charge in [-0.3, -0.25) is 4.79 Å². The number of aliphatic hydroxyl groups is 1. The molecule has 4 atom stereocenters. The van der Waals surface area contributed by atoms with Gasteiger partial charge in [0.05, 0.1) is 19.6 Å². The van der Waals surface area contributed by atoms with Gasteiger partial charge in [0, 0.05) is 16.7 Å². The highest BCUT2D eigenvalue weighted by molar-refractivity contribution is 8.02. The fourth-order valence-electron chi connectivity index (χ4n) is 2.39. The van der Waals surface area contributed by atoms with Crippen LogP contribution in [0.5, 0.6) is 0 Å². The van der Waals surface area contributed by atoms with Gasteiger partial charge in [-0.25, -0.2) is 0 Å². The first-order chi connectivity index (χ1) is 8.12. The van der Waals surface area contributed by atoms with Crippen LogP contribution < -0.4 is 5.32 Å². The fourth-order valence-corrected chi connectivity index (χ4v) is 7.54. The first-order valence-corrected chi connectivity index (χ1v) is 10.9. The molecule has 0 aromatic heterocycles. The van der Waals surface area contributed by atoms with Crippen molar-refractivity contribution in [2.24, 2.45) is 5.92 Å². The Balaban J connectivity index is 3.00. The highest BCUT2D eigenvalue weighted by atomic mass is 32.2. The molecule has 1 amide bonds. The lowest BCUT2D eigenvalue weighted by atomic mass is 9.87. The normalized spacial score (nSPS) is 36.4. The van der Waals surface area contributed by atoms with Gasteiger partial charge in [0.15, 0.2) is 0 Å². The third kappa shape index (κ3) is 3.00. The molecule has 0 saturated carbocycles. The predicted molar refractivity (Wildman–Crippen MR) is 81.5 cm³/mol. The van der Waals surface area contributed by atoms with E-state index in [2.05, 4.69) is 31.5 Å². The van der Waals surface area contributed by atoms with Gasteiger partial charge in [0.25, 0.3) is 0 Å². The van der Waals surface area contributed by atoms with Gasteiger partial charge in [0.2, 0.25) is 5.91 Å². The summed E-state index contributed by atoms with van der Waals surface area (Å²) in [6.07, 6.45) is 1.67. The number of hydrogen-bond acceptors (Lipinski definition) is 3. The van der Waals surface area contributed by atoms with Crippen molar-refractivity contribution in [3.8, 4) is 0 Å². The van der Waals surface area contributed by atoms with Crippen molar-refractivity contribution in [3.05, 3.63) is 12.7 Å².